The van der Waals surface area contributed by atoms with Gasteiger partial charge >= 0.3 is 0 Å². The molecule has 2 aromatic heterocycles. The molecule has 2 rings (SSSR count). The summed E-state index contributed by atoms with van der Waals surface area (Å²) in [5.74, 6) is 0.602. The lowest BCUT2D eigenvalue weighted by Crippen LogP contribution is -2.23. The first-order valence-corrected chi connectivity index (χ1v) is 7.22. The molecular weight excluding hydrogens is 282 g/mol. The summed E-state index contributed by atoms with van der Waals surface area (Å²) < 4.78 is 1.58. The van der Waals surface area contributed by atoms with E-state index < -0.39 is 0 Å². The lowest BCUT2D eigenvalue weighted by Gasteiger charge is -2.14. The Bertz CT molecular complexity index is 655. The molecule has 0 atom stereocenters. The lowest BCUT2D eigenvalue weighted by molar-refractivity contribution is 0.568. The van der Waals surface area contributed by atoms with Crippen LogP contribution in [0.15, 0.2) is 16.2 Å². The van der Waals surface area contributed by atoms with Crippen molar-refractivity contribution < 1.29 is 0 Å². The third kappa shape index (κ3) is 3.22. The van der Waals surface area contributed by atoms with Gasteiger partial charge in [-0.25, -0.2) is 9.97 Å². The average Bonchev–Trinajstić information content (AvgIpc) is 2.71. The standard InChI is InChI=1S/C13H16ClN3OS/c1-8-15-10(14)5-12(18)17(8)6-11-16-9(7-19-11)13(2,3)4/h5,7H,6H2,1-4H3. The molecule has 19 heavy (non-hydrogen) atoms. The van der Waals surface area contributed by atoms with Gasteiger partial charge in [0.25, 0.3) is 5.56 Å². The monoisotopic (exact) mass is 297 g/mol. The summed E-state index contributed by atoms with van der Waals surface area (Å²) in [6.07, 6.45) is 0. The van der Waals surface area contributed by atoms with Gasteiger partial charge < -0.3 is 0 Å². The maximum absolute atomic E-state index is 11.9. The third-order valence-electron chi connectivity index (χ3n) is 2.78. The van der Waals surface area contributed by atoms with Crippen LogP contribution in [-0.2, 0) is 12.0 Å². The Balaban J connectivity index is 2.32. The number of hydrogen-bond acceptors (Lipinski definition) is 4. The van der Waals surface area contributed by atoms with Crippen LogP contribution < -0.4 is 5.56 Å². The van der Waals surface area contributed by atoms with E-state index in [0.29, 0.717) is 12.4 Å². The molecule has 0 amide bonds. The molecule has 0 aliphatic heterocycles. The molecule has 0 aromatic carbocycles. The maximum atomic E-state index is 11.9. The van der Waals surface area contributed by atoms with E-state index in [4.69, 9.17) is 11.6 Å². The van der Waals surface area contributed by atoms with Crippen LogP contribution in [0.4, 0.5) is 0 Å². The lowest BCUT2D eigenvalue weighted by atomic mass is 9.93. The van der Waals surface area contributed by atoms with Crippen molar-refractivity contribution in [2.45, 2.75) is 39.7 Å². The summed E-state index contributed by atoms with van der Waals surface area (Å²) in [7, 11) is 0. The fourth-order valence-electron chi connectivity index (χ4n) is 1.64. The highest BCUT2D eigenvalue weighted by atomic mass is 35.5. The molecule has 102 valence electrons. The van der Waals surface area contributed by atoms with E-state index in [1.165, 1.54) is 6.07 Å². The van der Waals surface area contributed by atoms with Crippen molar-refractivity contribution in [1.29, 1.82) is 0 Å². The average molecular weight is 298 g/mol. The number of hydrogen-bond donors (Lipinski definition) is 0. The number of thiazole rings is 1. The van der Waals surface area contributed by atoms with Gasteiger partial charge in [0.2, 0.25) is 0 Å². The van der Waals surface area contributed by atoms with E-state index in [2.05, 4.69) is 30.7 Å². The van der Waals surface area contributed by atoms with Crippen LogP contribution in [-0.4, -0.2) is 14.5 Å². The second-order valence-electron chi connectivity index (χ2n) is 5.43. The van der Waals surface area contributed by atoms with E-state index in [9.17, 15) is 4.79 Å². The highest BCUT2D eigenvalue weighted by molar-refractivity contribution is 7.09. The number of aryl methyl sites for hydroxylation is 1. The highest BCUT2D eigenvalue weighted by Crippen LogP contribution is 2.24. The molecule has 2 heterocycles. The number of rotatable bonds is 2. The van der Waals surface area contributed by atoms with Crippen molar-refractivity contribution in [1.82, 2.24) is 14.5 Å². The Kier molecular flexibility index (Phi) is 3.78. The summed E-state index contributed by atoms with van der Waals surface area (Å²) in [6.45, 7) is 8.56. The smallest absolute Gasteiger partial charge is 0.255 e. The predicted molar refractivity (Wildman–Crippen MR) is 78.2 cm³/mol. The van der Waals surface area contributed by atoms with Crippen molar-refractivity contribution in [2.75, 3.05) is 0 Å². The van der Waals surface area contributed by atoms with E-state index in [1.54, 1.807) is 22.8 Å². The zero-order valence-electron chi connectivity index (χ0n) is 11.4. The zero-order valence-corrected chi connectivity index (χ0v) is 13.0. The van der Waals surface area contributed by atoms with Crippen molar-refractivity contribution in [3.63, 3.8) is 0 Å². The van der Waals surface area contributed by atoms with Gasteiger partial charge in [-0.15, -0.1) is 11.3 Å². The van der Waals surface area contributed by atoms with E-state index >= 15 is 0 Å². The number of halogens is 1. The highest BCUT2D eigenvalue weighted by Gasteiger charge is 2.17. The summed E-state index contributed by atoms with van der Waals surface area (Å²) >= 11 is 7.31. The molecule has 0 spiro atoms. The van der Waals surface area contributed by atoms with Gasteiger partial charge in [-0.3, -0.25) is 9.36 Å². The van der Waals surface area contributed by atoms with Gasteiger partial charge in [-0.2, -0.15) is 0 Å². The van der Waals surface area contributed by atoms with Gasteiger partial charge in [0, 0.05) is 16.9 Å². The Hall–Kier alpha value is -1.20. The van der Waals surface area contributed by atoms with Crippen molar-refractivity contribution in [3.8, 4) is 0 Å². The van der Waals surface area contributed by atoms with Crippen molar-refractivity contribution in [3.05, 3.63) is 43.5 Å². The molecule has 0 aliphatic rings. The second-order valence-corrected chi connectivity index (χ2v) is 6.76. The van der Waals surface area contributed by atoms with E-state index in [-0.39, 0.29) is 16.1 Å². The molecule has 0 saturated carbocycles. The van der Waals surface area contributed by atoms with Gasteiger partial charge in [-0.1, -0.05) is 32.4 Å². The molecule has 0 aliphatic carbocycles. The fourth-order valence-corrected chi connectivity index (χ4v) is 2.87. The van der Waals surface area contributed by atoms with E-state index in [0.717, 1.165) is 10.7 Å². The Morgan fingerprint density at radius 3 is 2.58 bits per heavy atom. The largest absolute Gasteiger partial charge is 0.290 e. The molecule has 0 unspecified atom stereocenters. The Morgan fingerprint density at radius 2 is 2.05 bits per heavy atom. The molecule has 0 fully saturated rings. The minimum Gasteiger partial charge on any atom is -0.290 e. The van der Waals surface area contributed by atoms with Crippen molar-refractivity contribution >= 4 is 22.9 Å². The van der Waals surface area contributed by atoms with E-state index in [1.807, 2.05) is 5.38 Å². The van der Waals surface area contributed by atoms with Crippen LogP contribution in [0.3, 0.4) is 0 Å². The quantitative estimate of drug-likeness (QED) is 0.801. The first-order chi connectivity index (χ1) is 8.77. The molecule has 0 saturated heterocycles. The van der Waals surface area contributed by atoms with Crippen LogP contribution in [0, 0.1) is 6.92 Å². The molecule has 2 aromatic rings. The molecule has 4 nitrogen and oxygen atoms in total. The van der Waals surface area contributed by atoms with Crippen LogP contribution in [0.1, 0.15) is 37.3 Å². The Morgan fingerprint density at radius 1 is 1.37 bits per heavy atom. The van der Waals surface area contributed by atoms with Gasteiger partial charge in [0.1, 0.15) is 16.0 Å². The van der Waals surface area contributed by atoms with Crippen LogP contribution in [0.2, 0.25) is 5.15 Å². The summed E-state index contributed by atoms with van der Waals surface area (Å²) in [6, 6.07) is 1.33. The summed E-state index contributed by atoms with van der Waals surface area (Å²) in [5.41, 5.74) is 0.914. The summed E-state index contributed by atoms with van der Waals surface area (Å²) in [5, 5.41) is 3.17. The van der Waals surface area contributed by atoms with Crippen LogP contribution in [0.5, 0.6) is 0 Å². The summed E-state index contributed by atoms with van der Waals surface area (Å²) in [4.78, 5) is 20.6. The van der Waals surface area contributed by atoms with Gasteiger partial charge in [0.15, 0.2) is 0 Å². The van der Waals surface area contributed by atoms with Gasteiger partial charge in [0.05, 0.1) is 12.2 Å². The molecule has 0 N–H and O–H groups in total. The Labute approximate surface area is 121 Å². The molecule has 0 bridgehead atoms. The molecule has 0 radical (unpaired) electrons. The fraction of sp³-hybridized carbons (Fsp3) is 0.462. The van der Waals surface area contributed by atoms with Gasteiger partial charge in [-0.05, 0) is 6.92 Å². The predicted octanol–water partition coefficient (Wildman–Crippen LogP) is 3.01. The van der Waals surface area contributed by atoms with Crippen LogP contribution >= 0.6 is 22.9 Å². The number of nitrogens with zero attached hydrogens (tertiary/aromatic N) is 3. The zero-order chi connectivity index (χ0) is 14.2. The number of aromatic nitrogens is 3. The minimum atomic E-state index is -0.148. The van der Waals surface area contributed by atoms with Crippen LogP contribution in [0.25, 0.3) is 0 Å². The third-order valence-corrected chi connectivity index (χ3v) is 3.81. The first kappa shape index (κ1) is 14.2. The SMILES string of the molecule is Cc1nc(Cl)cc(=O)n1Cc1nc(C(C)(C)C)cs1. The molecule has 6 heteroatoms. The first-order valence-electron chi connectivity index (χ1n) is 5.96. The van der Waals surface area contributed by atoms with Crippen molar-refractivity contribution in [2.24, 2.45) is 0 Å². The normalized spacial score (nSPS) is 11.8. The second kappa shape index (κ2) is 5.06. The molecular formula is C13H16ClN3OS. The maximum Gasteiger partial charge on any atom is 0.255 e. The minimum absolute atomic E-state index is 0.0208. The topological polar surface area (TPSA) is 47.8 Å².